The van der Waals surface area contributed by atoms with Gasteiger partial charge in [-0.3, -0.25) is 5.01 Å². The third-order valence-corrected chi connectivity index (χ3v) is 3.61. The van der Waals surface area contributed by atoms with Gasteiger partial charge in [-0.2, -0.15) is 0 Å². The average molecular weight is 233 g/mol. The number of nitrogens with zero attached hydrogens (tertiary/aromatic N) is 1. The monoisotopic (exact) mass is 233 g/mol. The lowest BCUT2D eigenvalue weighted by molar-refractivity contribution is 0.325. The molecule has 1 heterocycles. The van der Waals surface area contributed by atoms with Crippen LogP contribution in [-0.2, 0) is 0 Å². The molecule has 0 spiro atoms. The van der Waals surface area contributed by atoms with Crippen LogP contribution in [0.25, 0.3) is 0 Å². The third kappa shape index (κ3) is 1.58. The molecule has 84 valence electrons. The molecule has 0 radical (unpaired) electrons. The highest BCUT2D eigenvalue weighted by molar-refractivity contribution is 7.80. The fraction of sp³-hybridized carbons (Fsp3) is 0.417. The molecule has 16 heavy (non-hydrogen) atoms. The van der Waals surface area contributed by atoms with E-state index in [0.29, 0.717) is 5.92 Å². The molecular formula is C12H15N3S. The Hall–Kier alpha value is -1.13. The maximum Gasteiger partial charge on any atom is 0.189 e. The quantitative estimate of drug-likeness (QED) is 0.764. The Labute approximate surface area is 101 Å². The SMILES string of the molecule is CC1(C2CC2)NC(=S)N(c2ccccc2)N1. The summed E-state index contributed by atoms with van der Waals surface area (Å²) in [6.07, 6.45) is 2.56. The van der Waals surface area contributed by atoms with E-state index >= 15 is 0 Å². The van der Waals surface area contributed by atoms with Gasteiger partial charge in [-0.25, -0.2) is 5.43 Å². The summed E-state index contributed by atoms with van der Waals surface area (Å²) in [5.41, 5.74) is 4.50. The summed E-state index contributed by atoms with van der Waals surface area (Å²) in [7, 11) is 0. The van der Waals surface area contributed by atoms with Crippen LogP contribution in [0.15, 0.2) is 30.3 Å². The Morgan fingerprint density at radius 1 is 1.31 bits per heavy atom. The molecule has 1 atom stereocenters. The summed E-state index contributed by atoms with van der Waals surface area (Å²) in [4.78, 5) is 0. The molecule has 1 aliphatic heterocycles. The van der Waals surface area contributed by atoms with Crippen molar-refractivity contribution in [3.8, 4) is 0 Å². The van der Waals surface area contributed by atoms with Crippen molar-refractivity contribution in [1.82, 2.24) is 10.7 Å². The lowest BCUT2D eigenvalue weighted by Crippen LogP contribution is -2.50. The highest BCUT2D eigenvalue weighted by atomic mass is 32.1. The van der Waals surface area contributed by atoms with Crippen molar-refractivity contribution in [2.45, 2.75) is 25.4 Å². The molecule has 3 nitrogen and oxygen atoms in total. The second-order valence-corrected chi connectivity index (χ2v) is 5.08. The minimum Gasteiger partial charge on any atom is -0.342 e. The number of thiocarbonyl (C=S) groups is 1. The fourth-order valence-electron chi connectivity index (χ4n) is 2.20. The van der Waals surface area contributed by atoms with Crippen molar-refractivity contribution < 1.29 is 0 Å². The van der Waals surface area contributed by atoms with Crippen molar-refractivity contribution in [3.63, 3.8) is 0 Å². The lowest BCUT2D eigenvalue weighted by atomic mass is 10.1. The molecule has 0 aromatic heterocycles. The molecule has 2 aliphatic rings. The Bertz CT molecular complexity index is 416. The molecule has 1 aliphatic carbocycles. The van der Waals surface area contributed by atoms with Crippen molar-refractivity contribution in [2.75, 3.05) is 5.01 Å². The van der Waals surface area contributed by atoms with Gasteiger partial charge in [0.1, 0.15) is 5.66 Å². The number of rotatable bonds is 2. The highest BCUT2D eigenvalue weighted by Gasteiger charge is 2.47. The Balaban J connectivity index is 1.85. The number of nitrogens with one attached hydrogen (secondary N) is 2. The molecule has 3 rings (SSSR count). The maximum absolute atomic E-state index is 5.37. The highest BCUT2D eigenvalue weighted by Crippen LogP contribution is 2.40. The summed E-state index contributed by atoms with van der Waals surface area (Å²) < 4.78 is 0. The van der Waals surface area contributed by atoms with Crippen LogP contribution in [0.1, 0.15) is 19.8 Å². The standard InChI is InChI=1S/C12H15N3S/c1-12(9-7-8-9)13-11(16)15(14-12)10-5-3-2-4-6-10/h2-6,9,14H,7-8H2,1H3,(H,13,16). The second kappa shape index (κ2) is 3.43. The number of hydrazine groups is 1. The van der Waals surface area contributed by atoms with Gasteiger partial charge in [-0.15, -0.1) is 0 Å². The summed E-state index contributed by atoms with van der Waals surface area (Å²) in [5.74, 6) is 0.694. The van der Waals surface area contributed by atoms with Crippen molar-refractivity contribution in [1.29, 1.82) is 0 Å². The summed E-state index contributed by atoms with van der Waals surface area (Å²) >= 11 is 5.37. The summed E-state index contributed by atoms with van der Waals surface area (Å²) in [5, 5.41) is 6.12. The molecule has 1 aromatic carbocycles. The van der Waals surface area contributed by atoms with Gasteiger partial charge >= 0.3 is 0 Å². The van der Waals surface area contributed by atoms with E-state index in [1.807, 2.05) is 23.2 Å². The Kier molecular flexibility index (Phi) is 2.16. The van der Waals surface area contributed by atoms with E-state index in [4.69, 9.17) is 12.2 Å². The van der Waals surface area contributed by atoms with E-state index < -0.39 is 0 Å². The molecule has 1 saturated carbocycles. The number of hydrogen-bond acceptors (Lipinski definition) is 2. The van der Waals surface area contributed by atoms with E-state index in [0.717, 1.165) is 10.8 Å². The first-order valence-electron chi connectivity index (χ1n) is 5.64. The van der Waals surface area contributed by atoms with Crippen molar-refractivity contribution in [2.24, 2.45) is 5.92 Å². The summed E-state index contributed by atoms with van der Waals surface area (Å²) in [6, 6.07) is 10.2. The lowest BCUT2D eigenvalue weighted by Gasteiger charge is -2.25. The smallest absolute Gasteiger partial charge is 0.189 e. The molecule has 1 aromatic rings. The molecule has 1 unspecified atom stereocenters. The van der Waals surface area contributed by atoms with Gasteiger partial charge < -0.3 is 5.32 Å². The minimum atomic E-state index is -0.0626. The van der Waals surface area contributed by atoms with Crippen LogP contribution in [0.3, 0.4) is 0 Å². The largest absolute Gasteiger partial charge is 0.342 e. The molecule has 2 fully saturated rings. The van der Waals surface area contributed by atoms with Gasteiger partial charge in [0.2, 0.25) is 0 Å². The molecule has 0 bridgehead atoms. The van der Waals surface area contributed by atoms with Gasteiger partial charge in [0.25, 0.3) is 0 Å². The Morgan fingerprint density at radius 2 is 2.00 bits per heavy atom. The van der Waals surface area contributed by atoms with E-state index in [1.165, 1.54) is 12.8 Å². The molecular weight excluding hydrogens is 218 g/mol. The van der Waals surface area contributed by atoms with E-state index in [9.17, 15) is 0 Å². The topological polar surface area (TPSA) is 27.3 Å². The van der Waals surface area contributed by atoms with E-state index in [2.05, 4.69) is 29.8 Å². The number of anilines is 1. The van der Waals surface area contributed by atoms with Crippen LogP contribution >= 0.6 is 12.2 Å². The molecule has 1 saturated heterocycles. The number of benzene rings is 1. The zero-order valence-electron chi connectivity index (χ0n) is 9.23. The van der Waals surface area contributed by atoms with Crippen LogP contribution in [0.5, 0.6) is 0 Å². The van der Waals surface area contributed by atoms with Crippen molar-refractivity contribution in [3.05, 3.63) is 30.3 Å². The van der Waals surface area contributed by atoms with Gasteiger partial charge in [0.05, 0.1) is 5.69 Å². The zero-order chi connectivity index (χ0) is 11.2. The van der Waals surface area contributed by atoms with Crippen LogP contribution in [0.2, 0.25) is 0 Å². The minimum absolute atomic E-state index is 0.0626. The second-order valence-electron chi connectivity index (χ2n) is 4.69. The maximum atomic E-state index is 5.37. The number of hydrogen-bond donors (Lipinski definition) is 2. The van der Waals surface area contributed by atoms with E-state index in [1.54, 1.807) is 0 Å². The zero-order valence-corrected chi connectivity index (χ0v) is 10.1. The third-order valence-electron chi connectivity index (χ3n) is 3.32. The molecule has 0 amide bonds. The van der Waals surface area contributed by atoms with Gasteiger partial charge in [-0.1, -0.05) is 18.2 Å². The van der Waals surface area contributed by atoms with Gasteiger partial charge in [0.15, 0.2) is 5.11 Å². The van der Waals surface area contributed by atoms with Crippen LogP contribution in [-0.4, -0.2) is 10.8 Å². The Morgan fingerprint density at radius 3 is 2.62 bits per heavy atom. The number of para-hydroxylation sites is 1. The van der Waals surface area contributed by atoms with Gasteiger partial charge in [0, 0.05) is 0 Å². The predicted octanol–water partition coefficient (Wildman–Crippen LogP) is 2.01. The summed E-state index contributed by atoms with van der Waals surface area (Å²) in [6.45, 7) is 2.18. The first-order chi connectivity index (χ1) is 7.69. The normalized spacial score (nSPS) is 29.3. The fourth-order valence-corrected chi connectivity index (χ4v) is 2.56. The van der Waals surface area contributed by atoms with Crippen molar-refractivity contribution >= 4 is 23.0 Å². The van der Waals surface area contributed by atoms with Crippen LogP contribution < -0.4 is 15.8 Å². The first kappa shape index (κ1) is 10.1. The van der Waals surface area contributed by atoms with Crippen LogP contribution in [0, 0.1) is 5.92 Å². The average Bonchev–Trinajstić information content (AvgIpc) is 3.08. The van der Waals surface area contributed by atoms with Crippen LogP contribution in [0.4, 0.5) is 5.69 Å². The molecule has 2 N–H and O–H groups in total. The van der Waals surface area contributed by atoms with E-state index in [-0.39, 0.29) is 5.66 Å². The predicted molar refractivity (Wildman–Crippen MR) is 68.9 cm³/mol. The molecule has 4 heteroatoms. The first-order valence-corrected chi connectivity index (χ1v) is 6.05. The van der Waals surface area contributed by atoms with Gasteiger partial charge in [-0.05, 0) is 50.0 Å².